The van der Waals surface area contributed by atoms with Gasteiger partial charge in [0, 0.05) is 50.4 Å². The van der Waals surface area contributed by atoms with Crippen molar-refractivity contribution in [1.82, 2.24) is 10.2 Å². The SMILES string of the molecule is NC(=NCc1ccc(N2CCN(CC3CC3)CC2)cc1)NC1CCOc2ccccc21. The number of anilines is 1. The fraction of sp³-hybridized carbons (Fsp3) is 0.480. The van der Waals surface area contributed by atoms with Gasteiger partial charge >= 0.3 is 0 Å². The third kappa shape index (κ3) is 5.13. The van der Waals surface area contributed by atoms with Crippen molar-refractivity contribution >= 4 is 11.6 Å². The molecule has 2 aliphatic heterocycles. The summed E-state index contributed by atoms with van der Waals surface area (Å²) in [5.41, 5.74) is 9.82. The zero-order valence-corrected chi connectivity index (χ0v) is 18.2. The van der Waals surface area contributed by atoms with E-state index in [1.165, 1.54) is 43.7 Å². The number of nitrogens with one attached hydrogen (secondary N) is 1. The van der Waals surface area contributed by atoms with E-state index in [4.69, 9.17) is 10.5 Å². The molecule has 2 heterocycles. The highest BCUT2D eigenvalue weighted by molar-refractivity contribution is 5.78. The molecule has 1 saturated heterocycles. The first kappa shape index (κ1) is 20.2. The molecule has 2 aromatic carbocycles. The lowest BCUT2D eigenvalue weighted by molar-refractivity contribution is 0.248. The highest BCUT2D eigenvalue weighted by Gasteiger charge is 2.26. The largest absolute Gasteiger partial charge is 0.493 e. The summed E-state index contributed by atoms with van der Waals surface area (Å²) in [6, 6.07) is 17.1. The maximum absolute atomic E-state index is 6.19. The van der Waals surface area contributed by atoms with Crippen LogP contribution in [0.2, 0.25) is 0 Å². The normalized spacial score (nSPS) is 22.0. The molecule has 0 amide bonds. The number of nitrogens with two attached hydrogens (primary N) is 1. The first-order chi connectivity index (χ1) is 15.2. The van der Waals surface area contributed by atoms with Gasteiger partial charge in [-0.3, -0.25) is 4.90 Å². The van der Waals surface area contributed by atoms with Crippen LogP contribution in [0.15, 0.2) is 53.5 Å². The van der Waals surface area contributed by atoms with E-state index in [0.717, 1.165) is 36.7 Å². The molecule has 3 N–H and O–H groups in total. The second-order valence-corrected chi connectivity index (χ2v) is 8.97. The predicted octanol–water partition coefficient (Wildman–Crippen LogP) is 3.15. The number of fused-ring (bicyclic) bond motifs is 1. The van der Waals surface area contributed by atoms with Crippen LogP contribution in [0.3, 0.4) is 0 Å². The molecule has 2 aromatic rings. The fourth-order valence-corrected chi connectivity index (χ4v) is 4.56. The van der Waals surface area contributed by atoms with E-state index >= 15 is 0 Å². The average molecular weight is 420 g/mol. The van der Waals surface area contributed by atoms with Crippen molar-refractivity contribution in [2.45, 2.75) is 31.8 Å². The van der Waals surface area contributed by atoms with Crippen molar-refractivity contribution in [1.29, 1.82) is 0 Å². The summed E-state index contributed by atoms with van der Waals surface area (Å²) >= 11 is 0. The Morgan fingerprint density at radius 1 is 1.00 bits per heavy atom. The Bertz CT molecular complexity index is 900. The lowest BCUT2D eigenvalue weighted by Gasteiger charge is -2.36. The smallest absolute Gasteiger partial charge is 0.189 e. The molecule has 164 valence electrons. The highest BCUT2D eigenvalue weighted by atomic mass is 16.5. The molecule has 1 unspecified atom stereocenters. The van der Waals surface area contributed by atoms with Crippen LogP contribution < -0.4 is 20.7 Å². The standard InChI is InChI=1S/C25H33N5O/c26-25(28-23-11-16-31-24-4-2-1-3-22(23)24)27-17-19-7-9-21(10-8-19)30-14-12-29(13-15-30)18-20-5-6-20/h1-4,7-10,20,23H,5-6,11-18H2,(H3,26,27,28). The van der Waals surface area contributed by atoms with Crippen LogP contribution in [0.25, 0.3) is 0 Å². The van der Waals surface area contributed by atoms with Crippen molar-refractivity contribution in [3.05, 3.63) is 59.7 Å². The van der Waals surface area contributed by atoms with Gasteiger partial charge in [0.15, 0.2) is 5.96 Å². The highest BCUT2D eigenvalue weighted by Crippen LogP contribution is 2.31. The number of piperazine rings is 1. The Kier molecular flexibility index (Phi) is 5.98. The average Bonchev–Trinajstić information content (AvgIpc) is 3.63. The van der Waals surface area contributed by atoms with E-state index in [-0.39, 0.29) is 6.04 Å². The molecule has 6 nitrogen and oxygen atoms in total. The predicted molar refractivity (Wildman–Crippen MR) is 126 cm³/mol. The first-order valence-electron chi connectivity index (χ1n) is 11.6. The quantitative estimate of drug-likeness (QED) is 0.556. The van der Waals surface area contributed by atoms with Crippen LogP contribution in [0.5, 0.6) is 5.75 Å². The molecule has 3 aliphatic rings. The molecule has 0 aromatic heterocycles. The molecular weight excluding hydrogens is 386 g/mol. The van der Waals surface area contributed by atoms with Gasteiger partial charge in [0.1, 0.15) is 5.75 Å². The maximum Gasteiger partial charge on any atom is 0.189 e. The third-order valence-electron chi connectivity index (χ3n) is 6.60. The number of aliphatic imine (C=N–C) groups is 1. The zero-order valence-electron chi connectivity index (χ0n) is 18.2. The number of ether oxygens (including phenoxy) is 1. The van der Waals surface area contributed by atoms with Gasteiger partial charge in [-0.1, -0.05) is 30.3 Å². The van der Waals surface area contributed by atoms with Crippen molar-refractivity contribution in [3.63, 3.8) is 0 Å². The van der Waals surface area contributed by atoms with Crippen molar-refractivity contribution < 1.29 is 4.74 Å². The first-order valence-corrected chi connectivity index (χ1v) is 11.6. The van der Waals surface area contributed by atoms with E-state index in [0.29, 0.717) is 19.1 Å². The molecule has 6 heteroatoms. The van der Waals surface area contributed by atoms with Gasteiger partial charge in [-0.05, 0) is 42.5 Å². The molecule has 2 fully saturated rings. The number of benzene rings is 2. The van der Waals surface area contributed by atoms with E-state index < -0.39 is 0 Å². The summed E-state index contributed by atoms with van der Waals surface area (Å²) < 4.78 is 5.72. The summed E-state index contributed by atoms with van der Waals surface area (Å²) in [5, 5.41) is 3.37. The van der Waals surface area contributed by atoms with Gasteiger partial charge in [-0.25, -0.2) is 4.99 Å². The maximum atomic E-state index is 6.19. The van der Waals surface area contributed by atoms with Gasteiger partial charge in [0.25, 0.3) is 0 Å². The summed E-state index contributed by atoms with van der Waals surface area (Å²) in [4.78, 5) is 9.69. The Balaban J connectivity index is 1.13. The Hall–Kier alpha value is -2.73. The summed E-state index contributed by atoms with van der Waals surface area (Å²) in [6.07, 6.45) is 3.76. The van der Waals surface area contributed by atoms with Crippen molar-refractivity contribution in [3.8, 4) is 5.75 Å². The molecule has 0 bridgehead atoms. The van der Waals surface area contributed by atoms with E-state index in [1.54, 1.807) is 0 Å². The molecule has 1 saturated carbocycles. The molecule has 31 heavy (non-hydrogen) atoms. The van der Waals surface area contributed by atoms with Crippen LogP contribution in [0.4, 0.5) is 5.69 Å². The Morgan fingerprint density at radius 3 is 2.55 bits per heavy atom. The number of nitrogens with zero attached hydrogens (tertiary/aromatic N) is 3. The molecular formula is C25H33N5O. The fourth-order valence-electron chi connectivity index (χ4n) is 4.56. The minimum absolute atomic E-state index is 0.148. The van der Waals surface area contributed by atoms with Crippen LogP contribution in [-0.2, 0) is 6.54 Å². The second kappa shape index (κ2) is 9.18. The minimum atomic E-state index is 0.148. The van der Waals surface area contributed by atoms with Gasteiger partial charge in [-0.15, -0.1) is 0 Å². The number of rotatable bonds is 6. The summed E-state index contributed by atoms with van der Waals surface area (Å²) in [5.74, 6) is 2.40. The Labute approximate surface area is 185 Å². The van der Waals surface area contributed by atoms with Crippen LogP contribution in [-0.4, -0.2) is 50.2 Å². The Morgan fingerprint density at radius 2 is 1.77 bits per heavy atom. The van der Waals surface area contributed by atoms with Crippen LogP contribution in [0, 0.1) is 5.92 Å². The lowest BCUT2D eigenvalue weighted by Crippen LogP contribution is -2.47. The lowest BCUT2D eigenvalue weighted by atomic mass is 10.0. The molecule has 0 spiro atoms. The van der Waals surface area contributed by atoms with Crippen molar-refractivity contribution in [2.24, 2.45) is 16.6 Å². The van der Waals surface area contributed by atoms with Gasteiger partial charge in [-0.2, -0.15) is 0 Å². The minimum Gasteiger partial charge on any atom is -0.493 e. The van der Waals surface area contributed by atoms with E-state index in [9.17, 15) is 0 Å². The molecule has 1 aliphatic carbocycles. The molecule has 0 radical (unpaired) electrons. The van der Waals surface area contributed by atoms with E-state index in [2.05, 4.69) is 50.4 Å². The molecule has 1 atom stereocenters. The number of hydrogen-bond donors (Lipinski definition) is 2. The number of hydrogen-bond acceptors (Lipinski definition) is 4. The number of guanidine groups is 1. The van der Waals surface area contributed by atoms with Gasteiger partial charge < -0.3 is 20.7 Å². The topological polar surface area (TPSA) is 66.1 Å². The third-order valence-corrected chi connectivity index (χ3v) is 6.60. The van der Waals surface area contributed by atoms with Crippen LogP contribution in [0.1, 0.15) is 36.4 Å². The van der Waals surface area contributed by atoms with Gasteiger partial charge in [0.2, 0.25) is 0 Å². The summed E-state index contributed by atoms with van der Waals surface area (Å²) in [7, 11) is 0. The monoisotopic (exact) mass is 419 g/mol. The van der Waals surface area contributed by atoms with Gasteiger partial charge in [0.05, 0.1) is 19.2 Å². The van der Waals surface area contributed by atoms with Crippen molar-refractivity contribution in [2.75, 3.05) is 44.2 Å². The van der Waals surface area contributed by atoms with E-state index in [1.807, 2.05) is 18.2 Å². The second-order valence-electron chi connectivity index (χ2n) is 8.97. The molecule has 5 rings (SSSR count). The number of para-hydroxylation sites is 1. The van der Waals surface area contributed by atoms with Crippen LogP contribution >= 0.6 is 0 Å². The summed E-state index contributed by atoms with van der Waals surface area (Å²) in [6.45, 7) is 7.18. The zero-order chi connectivity index (χ0) is 21.0.